The number of hydrogen-bond acceptors (Lipinski definition) is 3. The fraction of sp³-hybridized carbons (Fsp3) is 0.176. The Morgan fingerprint density at radius 3 is 2.37 bits per heavy atom. The smallest absolute Gasteiger partial charge is 0.406 e. The molecule has 0 aliphatic rings. The molecule has 0 aliphatic carbocycles. The molecular weight excluding hydrogens is 431 g/mol. The standard InChI is InChI=1S/C17H15BrF3N3O3/c18-11-3-1-2-10(8-11)14(24-16(22)26)9-15(25)23-12-4-6-13(7-5-12)27-17(19,20)21/h1-8,14H,9H2,(H,23,25)(H3,22,24,26). The fourth-order valence-electron chi connectivity index (χ4n) is 2.28. The fourth-order valence-corrected chi connectivity index (χ4v) is 2.70. The summed E-state index contributed by atoms with van der Waals surface area (Å²) < 4.78 is 41.0. The van der Waals surface area contributed by atoms with E-state index in [1.807, 2.05) is 0 Å². The summed E-state index contributed by atoms with van der Waals surface area (Å²) in [4.78, 5) is 23.5. The molecule has 144 valence electrons. The van der Waals surface area contributed by atoms with Crippen LogP contribution in [0.5, 0.6) is 5.75 Å². The molecule has 10 heteroatoms. The van der Waals surface area contributed by atoms with E-state index in [1.165, 1.54) is 12.1 Å². The highest BCUT2D eigenvalue weighted by atomic mass is 79.9. The third-order valence-corrected chi connectivity index (χ3v) is 3.82. The van der Waals surface area contributed by atoms with Gasteiger partial charge in [-0.3, -0.25) is 4.79 Å². The molecule has 0 fully saturated rings. The van der Waals surface area contributed by atoms with Crippen molar-refractivity contribution in [3.63, 3.8) is 0 Å². The topological polar surface area (TPSA) is 93.5 Å². The highest BCUT2D eigenvalue weighted by Crippen LogP contribution is 2.25. The summed E-state index contributed by atoms with van der Waals surface area (Å²) in [7, 11) is 0. The Morgan fingerprint density at radius 1 is 1.15 bits per heavy atom. The van der Waals surface area contributed by atoms with Crippen molar-refractivity contribution in [1.29, 1.82) is 0 Å². The lowest BCUT2D eigenvalue weighted by molar-refractivity contribution is -0.274. The number of alkyl halides is 3. The van der Waals surface area contributed by atoms with Crippen molar-refractivity contribution < 1.29 is 27.5 Å². The van der Waals surface area contributed by atoms with E-state index in [0.717, 1.165) is 16.6 Å². The van der Waals surface area contributed by atoms with Gasteiger partial charge in [-0.25, -0.2) is 4.79 Å². The molecule has 1 unspecified atom stereocenters. The third kappa shape index (κ3) is 7.18. The average molecular weight is 446 g/mol. The number of amides is 3. The van der Waals surface area contributed by atoms with E-state index in [9.17, 15) is 22.8 Å². The first kappa shape index (κ1) is 20.6. The molecule has 1 atom stereocenters. The summed E-state index contributed by atoms with van der Waals surface area (Å²) in [6.45, 7) is 0. The van der Waals surface area contributed by atoms with Crippen molar-refractivity contribution in [1.82, 2.24) is 5.32 Å². The number of primary amides is 1. The second-order valence-electron chi connectivity index (χ2n) is 5.44. The van der Waals surface area contributed by atoms with Crippen molar-refractivity contribution in [2.75, 3.05) is 5.32 Å². The Kier molecular flexibility index (Phi) is 6.67. The van der Waals surface area contributed by atoms with E-state index < -0.39 is 30.1 Å². The maximum Gasteiger partial charge on any atom is 0.573 e. The normalized spacial score (nSPS) is 12.1. The van der Waals surface area contributed by atoms with Gasteiger partial charge in [0.2, 0.25) is 5.91 Å². The van der Waals surface area contributed by atoms with Crippen LogP contribution in [0.2, 0.25) is 0 Å². The number of halogens is 4. The van der Waals surface area contributed by atoms with E-state index in [-0.39, 0.29) is 12.1 Å². The second kappa shape index (κ2) is 8.76. The quantitative estimate of drug-likeness (QED) is 0.624. The molecule has 0 heterocycles. The number of hydrogen-bond donors (Lipinski definition) is 3. The summed E-state index contributed by atoms with van der Waals surface area (Å²) in [6.07, 6.45) is -4.91. The van der Waals surface area contributed by atoms with Crippen LogP contribution in [-0.2, 0) is 4.79 Å². The minimum absolute atomic E-state index is 0.125. The van der Waals surface area contributed by atoms with Crippen molar-refractivity contribution in [3.05, 3.63) is 58.6 Å². The lowest BCUT2D eigenvalue weighted by atomic mass is 10.0. The van der Waals surface area contributed by atoms with Crippen LogP contribution >= 0.6 is 15.9 Å². The Hall–Kier alpha value is -2.75. The largest absolute Gasteiger partial charge is 0.573 e. The Labute approximate surface area is 161 Å². The van der Waals surface area contributed by atoms with E-state index in [0.29, 0.717) is 5.56 Å². The summed E-state index contributed by atoms with van der Waals surface area (Å²) in [6, 6.07) is 10.2. The number of nitrogens with one attached hydrogen (secondary N) is 2. The van der Waals surface area contributed by atoms with Gasteiger partial charge in [0.25, 0.3) is 0 Å². The van der Waals surface area contributed by atoms with Gasteiger partial charge in [-0.15, -0.1) is 13.2 Å². The predicted octanol–water partition coefficient (Wildman–Crippen LogP) is 4.09. The molecule has 3 amide bonds. The second-order valence-corrected chi connectivity index (χ2v) is 6.36. The molecule has 0 aromatic heterocycles. The zero-order valence-corrected chi connectivity index (χ0v) is 15.3. The van der Waals surface area contributed by atoms with Gasteiger partial charge in [0.15, 0.2) is 0 Å². The van der Waals surface area contributed by atoms with E-state index in [4.69, 9.17) is 5.73 Å². The van der Waals surface area contributed by atoms with Crippen LogP contribution in [0, 0.1) is 0 Å². The first-order valence-electron chi connectivity index (χ1n) is 7.59. The Bertz CT molecular complexity index is 813. The maximum atomic E-state index is 12.3. The van der Waals surface area contributed by atoms with Gasteiger partial charge in [-0.05, 0) is 42.0 Å². The van der Waals surface area contributed by atoms with Crippen LogP contribution in [0.4, 0.5) is 23.7 Å². The van der Waals surface area contributed by atoms with Crippen LogP contribution in [0.3, 0.4) is 0 Å². The molecule has 2 aromatic carbocycles. The summed E-state index contributed by atoms with van der Waals surface area (Å²) >= 11 is 3.31. The van der Waals surface area contributed by atoms with Gasteiger partial charge >= 0.3 is 12.4 Å². The molecule has 4 N–H and O–H groups in total. The summed E-state index contributed by atoms with van der Waals surface area (Å²) in [5.74, 6) is -0.860. The van der Waals surface area contributed by atoms with Crippen LogP contribution in [0.1, 0.15) is 18.0 Å². The zero-order chi connectivity index (χ0) is 20.0. The lowest BCUT2D eigenvalue weighted by Crippen LogP contribution is -2.35. The van der Waals surface area contributed by atoms with Gasteiger partial charge in [0, 0.05) is 10.2 Å². The van der Waals surface area contributed by atoms with Gasteiger partial charge in [-0.2, -0.15) is 0 Å². The monoisotopic (exact) mass is 445 g/mol. The Morgan fingerprint density at radius 2 is 1.81 bits per heavy atom. The summed E-state index contributed by atoms with van der Waals surface area (Å²) in [5.41, 5.74) is 6.10. The molecule has 2 rings (SSSR count). The number of urea groups is 1. The number of anilines is 1. The van der Waals surface area contributed by atoms with Crippen LogP contribution in [0.15, 0.2) is 53.0 Å². The molecule has 0 saturated carbocycles. The molecule has 0 aliphatic heterocycles. The van der Waals surface area contributed by atoms with Crippen molar-refractivity contribution >= 4 is 33.6 Å². The SMILES string of the molecule is NC(=O)NC(CC(=O)Nc1ccc(OC(F)(F)F)cc1)c1cccc(Br)c1. The molecule has 27 heavy (non-hydrogen) atoms. The Balaban J connectivity index is 2.04. The van der Waals surface area contributed by atoms with Crippen molar-refractivity contribution in [2.45, 2.75) is 18.8 Å². The minimum Gasteiger partial charge on any atom is -0.406 e. The first-order chi connectivity index (χ1) is 12.6. The number of nitrogens with two attached hydrogens (primary N) is 1. The lowest BCUT2D eigenvalue weighted by Gasteiger charge is -2.18. The van der Waals surface area contributed by atoms with Gasteiger partial charge in [0.05, 0.1) is 12.5 Å². The average Bonchev–Trinajstić information content (AvgIpc) is 2.54. The van der Waals surface area contributed by atoms with Crippen LogP contribution in [-0.4, -0.2) is 18.3 Å². The predicted molar refractivity (Wildman–Crippen MR) is 96.0 cm³/mol. The van der Waals surface area contributed by atoms with Crippen LogP contribution in [0.25, 0.3) is 0 Å². The number of ether oxygens (including phenoxy) is 1. The number of carbonyl (C=O) groups is 2. The molecule has 0 radical (unpaired) electrons. The minimum atomic E-state index is -4.79. The number of rotatable bonds is 6. The summed E-state index contributed by atoms with van der Waals surface area (Å²) in [5, 5.41) is 5.03. The van der Waals surface area contributed by atoms with Crippen molar-refractivity contribution in [3.8, 4) is 5.75 Å². The highest BCUT2D eigenvalue weighted by Gasteiger charge is 2.31. The number of benzene rings is 2. The zero-order valence-electron chi connectivity index (χ0n) is 13.7. The van der Waals surface area contributed by atoms with E-state index in [1.54, 1.807) is 24.3 Å². The molecule has 0 saturated heterocycles. The van der Waals surface area contributed by atoms with E-state index in [2.05, 4.69) is 31.3 Å². The van der Waals surface area contributed by atoms with Gasteiger partial charge in [0.1, 0.15) is 5.75 Å². The molecule has 6 nitrogen and oxygen atoms in total. The third-order valence-electron chi connectivity index (χ3n) is 3.33. The number of carbonyl (C=O) groups excluding carboxylic acids is 2. The molecular formula is C17H15BrF3N3O3. The van der Waals surface area contributed by atoms with E-state index >= 15 is 0 Å². The van der Waals surface area contributed by atoms with Gasteiger partial charge in [-0.1, -0.05) is 28.1 Å². The van der Waals surface area contributed by atoms with Crippen molar-refractivity contribution in [2.24, 2.45) is 5.73 Å². The first-order valence-corrected chi connectivity index (χ1v) is 8.39. The molecule has 0 bridgehead atoms. The van der Waals surface area contributed by atoms with Crippen LogP contribution < -0.4 is 21.1 Å². The maximum absolute atomic E-state index is 12.3. The molecule has 2 aromatic rings. The van der Waals surface area contributed by atoms with Gasteiger partial charge < -0.3 is 21.1 Å². The highest BCUT2D eigenvalue weighted by molar-refractivity contribution is 9.10. The molecule has 0 spiro atoms.